The number of nitrogens with zero attached hydrogens (tertiary/aromatic N) is 1. The van der Waals surface area contributed by atoms with Crippen molar-refractivity contribution < 1.29 is 13.5 Å². The van der Waals surface area contributed by atoms with Crippen LogP contribution in [0.2, 0.25) is 0 Å². The highest BCUT2D eigenvalue weighted by Gasteiger charge is 2.14. The van der Waals surface area contributed by atoms with Gasteiger partial charge in [-0.3, -0.25) is 0 Å². The monoisotopic (exact) mass is 259 g/mol. The zero-order valence-corrected chi connectivity index (χ0v) is 10.5. The summed E-state index contributed by atoms with van der Waals surface area (Å²) in [6.45, 7) is 3.71. The predicted molar refractivity (Wildman–Crippen MR) is 67.1 cm³/mol. The van der Waals surface area contributed by atoms with Crippen molar-refractivity contribution in [1.29, 1.82) is 5.26 Å². The van der Waals surface area contributed by atoms with Crippen LogP contribution in [0.15, 0.2) is 30.3 Å². The summed E-state index contributed by atoms with van der Waals surface area (Å²) in [5, 5.41) is 8.62. The highest BCUT2D eigenvalue weighted by Crippen LogP contribution is 2.30. The Hall–Kier alpha value is -2.41. The molecule has 0 spiro atoms. The van der Waals surface area contributed by atoms with Gasteiger partial charge < -0.3 is 4.74 Å². The van der Waals surface area contributed by atoms with Gasteiger partial charge in [-0.1, -0.05) is 17.7 Å². The van der Waals surface area contributed by atoms with E-state index in [4.69, 9.17) is 10.00 Å². The molecule has 0 aromatic heterocycles. The SMILES string of the molecule is Cc1ccc(Oc2c(F)cc(C#N)cc2F)c(C)c1. The van der Waals surface area contributed by atoms with E-state index in [1.165, 1.54) is 0 Å². The minimum absolute atomic E-state index is 0.0806. The molecule has 0 fully saturated rings. The number of hydrogen-bond acceptors (Lipinski definition) is 2. The molecule has 4 heteroatoms. The number of rotatable bonds is 2. The maximum absolute atomic E-state index is 13.7. The van der Waals surface area contributed by atoms with Crippen molar-refractivity contribution in [3.63, 3.8) is 0 Å². The van der Waals surface area contributed by atoms with Crippen LogP contribution in [0.5, 0.6) is 11.5 Å². The van der Waals surface area contributed by atoms with Crippen molar-refractivity contribution in [1.82, 2.24) is 0 Å². The average Bonchev–Trinajstić information content (AvgIpc) is 2.35. The van der Waals surface area contributed by atoms with Gasteiger partial charge >= 0.3 is 0 Å². The van der Waals surface area contributed by atoms with Gasteiger partial charge in [0.2, 0.25) is 0 Å². The van der Waals surface area contributed by atoms with Crippen LogP contribution < -0.4 is 4.74 Å². The quantitative estimate of drug-likeness (QED) is 0.807. The highest BCUT2D eigenvalue weighted by molar-refractivity contribution is 5.43. The van der Waals surface area contributed by atoms with Crippen LogP contribution in [0, 0.1) is 36.8 Å². The minimum Gasteiger partial charge on any atom is -0.451 e. The Morgan fingerprint density at radius 1 is 1.05 bits per heavy atom. The van der Waals surface area contributed by atoms with Gasteiger partial charge in [-0.2, -0.15) is 5.26 Å². The van der Waals surface area contributed by atoms with Gasteiger partial charge in [0.05, 0.1) is 11.6 Å². The predicted octanol–water partition coefficient (Wildman–Crippen LogP) is 4.25. The molecule has 96 valence electrons. The Labute approximate surface area is 109 Å². The van der Waals surface area contributed by atoms with Crippen LogP contribution in [0.1, 0.15) is 16.7 Å². The lowest BCUT2D eigenvalue weighted by Crippen LogP contribution is -1.96. The second-order valence-electron chi connectivity index (χ2n) is 4.25. The molecule has 0 amide bonds. The molecule has 0 unspecified atom stereocenters. The second-order valence-corrected chi connectivity index (χ2v) is 4.25. The number of benzene rings is 2. The lowest BCUT2D eigenvalue weighted by molar-refractivity contribution is 0.405. The fourth-order valence-corrected chi connectivity index (χ4v) is 1.75. The van der Waals surface area contributed by atoms with Crippen LogP contribution in [0.4, 0.5) is 8.78 Å². The molecule has 0 N–H and O–H groups in total. The van der Waals surface area contributed by atoms with E-state index < -0.39 is 17.4 Å². The van der Waals surface area contributed by atoms with Crippen molar-refractivity contribution in [3.05, 3.63) is 58.7 Å². The zero-order chi connectivity index (χ0) is 14.0. The van der Waals surface area contributed by atoms with Crippen LogP contribution in [-0.2, 0) is 0 Å². The fourth-order valence-electron chi connectivity index (χ4n) is 1.75. The molecule has 0 bridgehead atoms. The lowest BCUT2D eigenvalue weighted by atomic mass is 10.1. The van der Waals surface area contributed by atoms with Crippen LogP contribution in [0.25, 0.3) is 0 Å². The first-order valence-electron chi connectivity index (χ1n) is 5.65. The maximum atomic E-state index is 13.7. The Kier molecular flexibility index (Phi) is 3.48. The number of hydrogen-bond donors (Lipinski definition) is 0. The summed E-state index contributed by atoms with van der Waals surface area (Å²) in [4.78, 5) is 0. The van der Waals surface area contributed by atoms with E-state index in [0.717, 1.165) is 23.3 Å². The summed E-state index contributed by atoms with van der Waals surface area (Å²) in [5.74, 6) is -1.90. The van der Waals surface area contributed by atoms with E-state index in [1.54, 1.807) is 25.1 Å². The second kappa shape index (κ2) is 5.07. The first-order valence-corrected chi connectivity index (χ1v) is 5.65. The Morgan fingerprint density at radius 2 is 1.68 bits per heavy atom. The van der Waals surface area contributed by atoms with Crippen molar-refractivity contribution in [2.24, 2.45) is 0 Å². The molecule has 0 radical (unpaired) electrons. The third kappa shape index (κ3) is 2.71. The lowest BCUT2D eigenvalue weighted by Gasteiger charge is -2.11. The average molecular weight is 259 g/mol. The molecule has 19 heavy (non-hydrogen) atoms. The largest absolute Gasteiger partial charge is 0.451 e. The van der Waals surface area contributed by atoms with Gasteiger partial charge in [0.15, 0.2) is 17.4 Å². The number of nitriles is 1. The molecule has 0 saturated heterocycles. The molecule has 2 nitrogen and oxygen atoms in total. The number of aryl methyl sites for hydroxylation is 2. The molecule has 0 aliphatic heterocycles. The molecule has 2 rings (SSSR count). The Balaban J connectivity index is 2.41. The Morgan fingerprint density at radius 3 is 2.21 bits per heavy atom. The Bertz CT molecular complexity index is 651. The van der Waals surface area contributed by atoms with Crippen molar-refractivity contribution >= 4 is 0 Å². The first-order chi connectivity index (χ1) is 9.01. The molecule has 0 aliphatic carbocycles. The van der Waals surface area contributed by atoms with Gasteiger partial charge in [0, 0.05) is 0 Å². The first kappa shape index (κ1) is 13.0. The number of ether oxygens (including phenoxy) is 1. The van der Waals surface area contributed by atoms with Gasteiger partial charge in [0.1, 0.15) is 5.75 Å². The van der Waals surface area contributed by atoms with E-state index in [1.807, 2.05) is 13.0 Å². The third-order valence-corrected chi connectivity index (χ3v) is 2.67. The van der Waals surface area contributed by atoms with Crippen molar-refractivity contribution in [3.8, 4) is 17.6 Å². The summed E-state index contributed by atoms with van der Waals surface area (Å²) >= 11 is 0. The molecule has 2 aromatic carbocycles. The molecule has 0 aliphatic rings. The topological polar surface area (TPSA) is 33.0 Å². The van der Waals surface area contributed by atoms with Crippen molar-refractivity contribution in [2.75, 3.05) is 0 Å². The van der Waals surface area contributed by atoms with Crippen LogP contribution >= 0.6 is 0 Å². The van der Waals surface area contributed by atoms with E-state index in [-0.39, 0.29) is 5.56 Å². The molecule has 0 heterocycles. The van der Waals surface area contributed by atoms with Gasteiger partial charge in [0.25, 0.3) is 0 Å². The fraction of sp³-hybridized carbons (Fsp3) is 0.133. The highest BCUT2D eigenvalue weighted by atomic mass is 19.1. The van der Waals surface area contributed by atoms with Crippen molar-refractivity contribution in [2.45, 2.75) is 13.8 Å². The molecular formula is C15H11F2NO. The summed E-state index contributed by atoms with van der Waals surface area (Å²) in [6.07, 6.45) is 0. The van der Waals surface area contributed by atoms with E-state index in [0.29, 0.717) is 5.75 Å². The molecular weight excluding hydrogens is 248 g/mol. The van der Waals surface area contributed by atoms with Crippen LogP contribution in [-0.4, -0.2) is 0 Å². The van der Waals surface area contributed by atoms with Crippen LogP contribution in [0.3, 0.4) is 0 Å². The smallest absolute Gasteiger partial charge is 0.198 e. The minimum atomic E-state index is -0.892. The van der Waals surface area contributed by atoms with Gasteiger partial charge in [-0.05, 0) is 37.6 Å². The zero-order valence-electron chi connectivity index (χ0n) is 10.5. The van der Waals surface area contributed by atoms with Gasteiger partial charge in [-0.25, -0.2) is 8.78 Å². The van der Waals surface area contributed by atoms with E-state index in [2.05, 4.69) is 0 Å². The third-order valence-electron chi connectivity index (χ3n) is 2.67. The summed E-state index contributed by atoms with van der Waals surface area (Å²) in [7, 11) is 0. The summed E-state index contributed by atoms with van der Waals surface area (Å²) in [6, 6.07) is 8.88. The molecule has 2 aromatic rings. The molecule has 0 atom stereocenters. The molecule has 0 saturated carbocycles. The maximum Gasteiger partial charge on any atom is 0.198 e. The standard InChI is InChI=1S/C15H11F2NO/c1-9-3-4-14(10(2)5-9)19-15-12(16)6-11(8-18)7-13(15)17/h3-7H,1-2H3. The number of halogens is 2. The van der Waals surface area contributed by atoms with E-state index >= 15 is 0 Å². The van der Waals surface area contributed by atoms with Gasteiger partial charge in [-0.15, -0.1) is 0 Å². The summed E-state index contributed by atoms with van der Waals surface area (Å²) < 4.78 is 32.6. The summed E-state index contributed by atoms with van der Waals surface area (Å²) in [5.41, 5.74) is 1.73. The van der Waals surface area contributed by atoms with E-state index in [9.17, 15) is 8.78 Å². The normalized spacial score (nSPS) is 10.1.